The molecule has 7 rings (SSSR count). The number of methoxy groups -OCH3 is 4. The van der Waals surface area contributed by atoms with Gasteiger partial charge < -0.3 is 37.6 Å². The van der Waals surface area contributed by atoms with E-state index in [0.717, 1.165) is 67.5 Å². The van der Waals surface area contributed by atoms with Gasteiger partial charge in [0.2, 0.25) is 0 Å². The molecule has 1 heterocycles. The Hall–Kier alpha value is -5.42. The van der Waals surface area contributed by atoms with E-state index in [2.05, 4.69) is 229 Å². The summed E-state index contributed by atoms with van der Waals surface area (Å²) in [4.78, 5) is 0. The fourth-order valence-electron chi connectivity index (χ4n) is 12.6. The van der Waals surface area contributed by atoms with E-state index in [-0.39, 0.29) is 12.2 Å². The fraction of sp³-hybridized carbons (Fsp3) is 0.532. The van der Waals surface area contributed by atoms with Crippen molar-refractivity contribution in [1.29, 1.82) is 0 Å². The van der Waals surface area contributed by atoms with Gasteiger partial charge in [0.1, 0.15) is 34.5 Å². The number of rotatable bonds is 10. The maximum Gasteiger partial charge on any atom is 0.171 e. The lowest BCUT2D eigenvalue weighted by Gasteiger charge is -2.35. The minimum absolute atomic E-state index is 0.351. The van der Waals surface area contributed by atoms with E-state index in [1.165, 1.54) is 0 Å². The van der Waals surface area contributed by atoms with Crippen LogP contribution >= 0.6 is 14.3 Å². The van der Waals surface area contributed by atoms with Crippen LogP contribution in [0.15, 0.2) is 84.9 Å². The molecule has 0 fully saturated rings. The van der Waals surface area contributed by atoms with Crippen molar-refractivity contribution in [1.82, 2.24) is 0 Å². The largest absolute Gasteiger partial charge is 0.496 e. The fourth-order valence-corrected chi connectivity index (χ4v) is 18.5. The normalized spacial score (nSPS) is 15.9. The highest BCUT2D eigenvalue weighted by Gasteiger charge is 2.46. The van der Waals surface area contributed by atoms with Gasteiger partial charge in [0.05, 0.1) is 40.6 Å². The lowest BCUT2D eigenvalue weighted by molar-refractivity contribution is 0.134. The second-order valence-electron chi connectivity index (χ2n) is 32.9. The van der Waals surface area contributed by atoms with Crippen LogP contribution in [0.4, 0.5) is 0 Å². The monoisotopic (exact) mass is 1220 g/mol. The third-order valence-electron chi connectivity index (χ3n) is 17.3. The van der Waals surface area contributed by atoms with E-state index in [4.69, 9.17) is 28.4 Å². The minimum atomic E-state index is -4.25. The predicted octanol–water partition coefficient (Wildman–Crippen LogP) is 18.0. The molecule has 0 saturated carbocycles. The molecule has 0 amide bonds. The maximum absolute atomic E-state index is 19.0. The second-order valence-corrected chi connectivity index (χ2v) is 38.4. The highest BCUT2D eigenvalue weighted by Crippen LogP contribution is 2.58. The number of hydrogen-bond donors (Lipinski definition) is 0. The Kier molecular flexibility index (Phi) is 18.6. The zero-order valence-electron chi connectivity index (χ0n) is 59.1. The van der Waals surface area contributed by atoms with Crippen molar-refractivity contribution in [2.24, 2.45) is 0 Å². The van der Waals surface area contributed by atoms with Crippen molar-refractivity contribution in [3.63, 3.8) is 0 Å². The Balaban J connectivity index is 1.90. The minimum Gasteiger partial charge on any atom is -0.496 e. The molecule has 0 aliphatic carbocycles. The van der Waals surface area contributed by atoms with Crippen molar-refractivity contribution in [3.8, 4) is 45.6 Å². The van der Waals surface area contributed by atoms with Crippen LogP contribution in [0.3, 0.4) is 0 Å². The molecule has 0 radical (unpaired) electrons. The Morgan fingerprint density at radius 1 is 0.333 bits per heavy atom. The summed E-state index contributed by atoms with van der Waals surface area (Å²) >= 11 is 0. The van der Waals surface area contributed by atoms with Crippen LogP contribution in [0.5, 0.6) is 34.5 Å². The molecule has 0 N–H and O–H groups in total. The van der Waals surface area contributed by atoms with E-state index in [1.807, 2.05) is 36.4 Å². The van der Waals surface area contributed by atoms with Crippen LogP contribution < -0.4 is 60.2 Å². The first-order valence-electron chi connectivity index (χ1n) is 31.4. The zero-order valence-corrected chi connectivity index (χ0v) is 60.9. The molecular formula is C77H108O8P2. The van der Waals surface area contributed by atoms with Gasteiger partial charge in [-0.2, -0.15) is 0 Å². The first-order valence-corrected chi connectivity index (χ1v) is 34.8. The number of benzene rings is 6. The molecule has 0 saturated heterocycles. The highest BCUT2D eigenvalue weighted by molar-refractivity contribution is 7.86. The summed E-state index contributed by atoms with van der Waals surface area (Å²) in [6.45, 7) is 56.7. The van der Waals surface area contributed by atoms with E-state index in [9.17, 15) is 0 Å². The van der Waals surface area contributed by atoms with Gasteiger partial charge in [-0.25, -0.2) is 0 Å². The number of fused-ring (bicyclic) bond motifs is 3. The Morgan fingerprint density at radius 3 is 0.678 bits per heavy atom. The Morgan fingerprint density at radius 2 is 0.517 bits per heavy atom. The Labute approximate surface area is 526 Å². The molecule has 0 bridgehead atoms. The lowest BCUT2D eigenvalue weighted by atomic mass is 9.79. The summed E-state index contributed by atoms with van der Waals surface area (Å²) < 4.78 is 78.7. The van der Waals surface area contributed by atoms with Crippen LogP contribution in [0, 0.1) is 0 Å². The zero-order chi connectivity index (χ0) is 65.7. The topological polar surface area (TPSA) is 89.5 Å². The average molecular weight is 1220 g/mol. The van der Waals surface area contributed by atoms with Crippen molar-refractivity contribution < 1.29 is 37.6 Å². The van der Waals surface area contributed by atoms with Gasteiger partial charge in [-0.3, -0.25) is 0 Å². The molecule has 474 valence electrons. The second kappa shape index (κ2) is 23.4. The first-order chi connectivity index (χ1) is 39.6. The van der Waals surface area contributed by atoms with Crippen LogP contribution in [-0.2, 0) is 52.5 Å². The molecule has 1 aliphatic rings. The molecule has 6 aromatic carbocycles. The van der Waals surface area contributed by atoms with Gasteiger partial charge in [-0.15, -0.1) is 0 Å². The summed E-state index contributed by atoms with van der Waals surface area (Å²) in [5, 5.41) is 3.62. The molecule has 0 spiro atoms. The molecular weight excluding hydrogens is 1110 g/mol. The lowest BCUT2D eigenvalue weighted by Crippen LogP contribution is -2.34. The summed E-state index contributed by atoms with van der Waals surface area (Å²) in [7, 11) is -1.54. The number of ether oxygens (including phenoxy) is 6. The van der Waals surface area contributed by atoms with Gasteiger partial charge in [0, 0.05) is 93.9 Å². The van der Waals surface area contributed by atoms with E-state index in [0.29, 0.717) is 60.9 Å². The molecule has 87 heavy (non-hydrogen) atoms. The Bertz CT molecular complexity index is 3120. The van der Waals surface area contributed by atoms with Crippen molar-refractivity contribution in [2.75, 3.05) is 28.4 Å². The van der Waals surface area contributed by atoms with Crippen LogP contribution in [0.2, 0.25) is 0 Å². The summed E-state index contributed by atoms with van der Waals surface area (Å²) in [6.07, 6.45) is -0.163. The van der Waals surface area contributed by atoms with Gasteiger partial charge in [0.15, 0.2) is 14.3 Å². The third kappa shape index (κ3) is 13.1. The summed E-state index contributed by atoms with van der Waals surface area (Å²) in [5.41, 5.74) is 4.96. The van der Waals surface area contributed by atoms with Gasteiger partial charge >= 0.3 is 0 Å². The predicted molar refractivity (Wildman–Crippen MR) is 371 cm³/mol. The highest BCUT2D eigenvalue weighted by atomic mass is 31.2. The molecule has 1 aliphatic heterocycles. The SMILES string of the molecule is COc1c(C(C)(C)C)cc(P(=O)(c2cc(C(C)(C)C)c(OC)c(C(C)(C)C)c2)c2cccc3c2-c2c(cccc2P(=O)(c2cc(C(C)(C)C)c(OC)c(C(C)(C)C)c2)c2cc(C(C)(C)C)c(OC)c(C(C)(C)C)c2)O[C@H](C)C[C@@H](C)O3)cc1C(C)(C)C. The van der Waals surface area contributed by atoms with Crippen molar-refractivity contribution in [3.05, 3.63) is 129 Å². The number of hydrogen-bond acceptors (Lipinski definition) is 8. The molecule has 6 aromatic rings. The molecule has 2 atom stereocenters. The van der Waals surface area contributed by atoms with Crippen LogP contribution in [-0.4, -0.2) is 40.6 Å². The standard InChI is InChI=1S/C77H108O8P2/c1-46-37-47(2)85-61-34-32-36-63(87(79,50-42-56(74(15,16)17)68(82-29)57(43-50)75(18,19)20)51-44-58(76(21,22)23)69(83-30)59(45-51)77(24,25)26)65(61)64-60(84-46)33-31-35-62(64)86(78,48-38-52(70(3,4)5)66(80-27)53(39-48)71(6,7)8)49-40-54(72(9,10)11)67(81-28)55(41-49)73(12,13)14/h31-36,38-47H,37H2,1-30H3/t46-,47-/m1/s1. The van der Waals surface area contributed by atoms with Gasteiger partial charge in [0.25, 0.3) is 0 Å². The first kappa shape index (κ1) is 69.1. The van der Waals surface area contributed by atoms with Crippen molar-refractivity contribution >= 4 is 46.1 Å². The molecule has 0 aromatic heterocycles. The smallest absolute Gasteiger partial charge is 0.171 e. The summed E-state index contributed by atoms with van der Waals surface area (Å²) in [5.74, 6) is 4.11. The van der Waals surface area contributed by atoms with Gasteiger partial charge in [-0.1, -0.05) is 178 Å². The van der Waals surface area contributed by atoms with Gasteiger partial charge in [-0.05, 0) is 130 Å². The summed E-state index contributed by atoms with van der Waals surface area (Å²) in [6, 6.07) is 29.1. The van der Waals surface area contributed by atoms with E-state index in [1.54, 1.807) is 28.4 Å². The maximum atomic E-state index is 19.0. The molecule has 8 nitrogen and oxygen atoms in total. The van der Waals surface area contributed by atoms with Crippen LogP contribution in [0.25, 0.3) is 11.1 Å². The van der Waals surface area contributed by atoms with E-state index < -0.39 is 57.6 Å². The average Bonchev–Trinajstić information content (AvgIpc) is 1.07. The van der Waals surface area contributed by atoms with Crippen LogP contribution in [0.1, 0.15) is 231 Å². The quantitative estimate of drug-likeness (QED) is 0.125. The molecule has 0 unspecified atom stereocenters. The third-order valence-corrected chi connectivity index (χ3v) is 23.3. The van der Waals surface area contributed by atoms with Crippen molar-refractivity contribution in [2.45, 2.75) is 242 Å². The molecule has 10 heteroatoms. The van der Waals surface area contributed by atoms with E-state index >= 15 is 9.13 Å².